The molecule has 0 amide bonds. The molecule has 2 aliphatic heterocycles. The smallest absolute Gasteiger partial charge is 0.324 e. The fraction of sp³-hybridized carbons (Fsp3) is 0.125. The summed E-state index contributed by atoms with van der Waals surface area (Å²) in [5.41, 5.74) is 3.86. The van der Waals surface area contributed by atoms with Crippen molar-refractivity contribution in [1.29, 1.82) is 0 Å². The van der Waals surface area contributed by atoms with Crippen LogP contribution in [-0.2, 0) is 12.4 Å². The Morgan fingerprint density at radius 3 is 2.36 bits per heavy atom. The van der Waals surface area contributed by atoms with E-state index in [4.69, 9.17) is 0 Å². The molecule has 0 aliphatic carbocycles. The second kappa shape index (κ2) is 8.79. The van der Waals surface area contributed by atoms with Crippen LogP contribution in [0.1, 0.15) is 28.4 Å². The molecule has 2 N–H and O–H groups in total. The lowest BCUT2D eigenvalue weighted by molar-refractivity contribution is -0.138. The summed E-state index contributed by atoms with van der Waals surface area (Å²) in [7, 11) is 0. The van der Waals surface area contributed by atoms with Gasteiger partial charge in [0.05, 0.1) is 28.6 Å². The van der Waals surface area contributed by atoms with E-state index in [9.17, 15) is 26.3 Å². The SMILES string of the molecule is FC(F)(F)c1ccc(C2NN3N=CC=CC3=C2c2ccnc(Nc3cccc(C(F)(F)F)c3)n2)cc1. The monoisotopic (exact) mass is 502 g/mol. The lowest BCUT2D eigenvalue weighted by Gasteiger charge is -2.19. The van der Waals surface area contributed by atoms with Crippen LogP contribution in [0.5, 0.6) is 0 Å². The van der Waals surface area contributed by atoms with E-state index in [-0.39, 0.29) is 11.6 Å². The summed E-state index contributed by atoms with van der Waals surface area (Å²) in [4.78, 5) is 8.58. The number of hydrazine groups is 1. The summed E-state index contributed by atoms with van der Waals surface area (Å²) in [6.45, 7) is 0. The maximum Gasteiger partial charge on any atom is 0.416 e. The number of allylic oxidation sites excluding steroid dienone is 2. The molecule has 2 aliphatic rings. The number of hydrogen-bond donors (Lipinski definition) is 2. The molecule has 184 valence electrons. The summed E-state index contributed by atoms with van der Waals surface area (Å²) >= 11 is 0. The van der Waals surface area contributed by atoms with Crippen LogP contribution in [0.3, 0.4) is 0 Å². The molecule has 1 aromatic heterocycles. The van der Waals surface area contributed by atoms with E-state index in [1.807, 2.05) is 0 Å². The molecule has 12 heteroatoms. The molecule has 2 aromatic carbocycles. The zero-order valence-electron chi connectivity index (χ0n) is 18.1. The van der Waals surface area contributed by atoms with Crippen LogP contribution in [0.4, 0.5) is 38.0 Å². The molecule has 3 aromatic rings. The van der Waals surface area contributed by atoms with Gasteiger partial charge in [-0.05, 0) is 54.1 Å². The summed E-state index contributed by atoms with van der Waals surface area (Å²) in [5.74, 6) is 0.0489. The maximum absolute atomic E-state index is 13.1. The van der Waals surface area contributed by atoms with Gasteiger partial charge < -0.3 is 5.32 Å². The van der Waals surface area contributed by atoms with Gasteiger partial charge in [-0.1, -0.05) is 18.2 Å². The molecule has 1 atom stereocenters. The third-order valence-corrected chi connectivity index (χ3v) is 5.52. The Balaban J connectivity index is 1.50. The highest BCUT2D eigenvalue weighted by molar-refractivity contribution is 5.81. The van der Waals surface area contributed by atoms with E-state index in [2.05, 4.69) is 25.8 Å². The maximum atomic E-state index is 13.1. The van der Waals surface area contributed by atoms with Crippen LogP contribution in [0.25, 0.3) is 5.57 Å². The van der Waals surface area contributed by atoms with Crippen LogP contribution in [0, 0.1) is 0 Å². The molecule has 0 fully saturated rings. The predicted molar refractivity (Wildman–Crippen MR) is 120 cm³/mol. The molecule has 0 bridgehead atoms. The molecule has 3 heterocycles. The fourth-order valence-electron chi connectivity index (χ4n) is 3.87. The molecular formula is C24H16F6N6. The summed E-state index contributed by atoms with van der Waals surface area (Å²) in [5, 5.41) is 8.49. The van der Waals surface area contributed by atoms with Crippen molar-refractivity contribution in [2.75, 3.05) is 5.32 Å². The van der Waals surface area contributed by atoms with Crippen molar-refractivity contribution in [3.8, 4) is 0 Å². The van der Waals surface area contributed by atoms with Gasteiger partial charge >= 0.3 is 12.4 Å². The van der Waals surface area contributed by atoms with Gasteiger partial charge in [-0.15, -0.1) is 0 Å². The molecule has 1 unspecified atom stereocenters. The van der Waals surface area contributed by atoms with Crippen LogP contribution < -0.4 is 10.7 Å². The zero-order chi connectivity index (χ0) is 25.5. The molecule has 0 spiro atoms. The van der Waals surface area contributed by atoms with E-state index in [1.54, 1.807) is 24.4 Å². The number of alkyl halides is 6. The summed E-state index contributed by atoms with van der Waals surface area (Å²) in [6.07, 6.45) is -2.52. The predicted octanol–water partition coefficient (Wildman–Crippen LogP) is 6.09. The number of hydrazone groups is 1. The van der Waals surface area contributed by atoms with Crippen molar-refractivity contribution in [2.45, 2.75) is 18.4 Å². The van der Waals surface area contributed by atoms with Gasteiger partial charge in [-0.3, -0.25) is 0 Å². The largest absolute Gasteiger partial charge is 0.416 e. The van der Waals surface area contributed by atoms with Gasteiger partial charge in [-0.2, -0.15) is 36.6 Å². The van der Waals surface area contributed by atoms with Crippen molar-refractivity contribution in [3.63, 3.8) is 0 Å². The molecule has 0 radical (unpaired) electrons. The highest BCUT2D eigenvalue weighted by Gasteiger charge is 2.35. The van der Waals surface area contributed by atoms with E-state index < -0.39 is 29.5 Å². The van der Waals surface area contributed by atoms with Crippen molar-refractivity contribution < 1.29 is 26.3 Å². The van der Waals surface area contributed by atoms with Gasteiger partial charge in [0.25, 0.3) is 0 Å². The highest BCUT2D eigenvalue weighted by Crippen LogP contribution is 2.41. The van der Waals surface area contributed by atoms with Gasteiger partial charge in [0.2, 0.25) is 5.95 Å². The van der Waals surface area contributed by atoms with Crippen molar-refractivity contribution in [2.24, 2.45) is 5.10 Å². The molecule has 5 rings (SSSR count). The standard InChI is InChI=1S/C24H16F6N6/c25-23(26,27)15-8-6-14(7-9-15)21-20(19-5-2-11-32-36(19)35-21)18-10-12-31-22(34-18)33-17-4-1-3-16(13-17)24(28,29)30/h1-13,21,35H,(H,31,33,34). The second-order valence-electron chi connectivity index (χ2n) is 7.89. The third kappa shape index (κ3) is 4.67. The number of halogens is 6. The molecular weight excluding hydrogens is 486 g/mol. The van der Waals surface area contributed by atoms with Gasteiger partial charge in [0.1, 0.15) is 0 Å². The van der Waals surface area contributed by atoms with Crippen LogP contribution in [0.15, 0.2) is 83.7 Å². The van der Waals surface area contributed by atoms with E-state index in [0.29, 0.717) is 22.5 Å². The molecule has 0 saturated carbocycles. The first-order valence-electron chi connectivity index (χ1n) is 10.6. The molecule has 36 heavy (non-hydrogen) atoms. The first kappa shape index (κ1) is 23.5. The number of nitrogens with zero attached hydrogens (tertiary/aromatic N) is 4. The van der Waals surface area contributed by atoms with E-state index >= 15 is 0 Å². The normalized spacial score (nSPS) is 17.5. The minimum Gasteiger partial charge on any atom is -0.324 e. The van der Waals surface area contributed by atoms with E-state index in [1.165, 1.54) is 35.6 Å². The zero-order valence-corrected chi connectivity index (χ0v) is 18.1. The quantitative estimate of drug-likeness (QED) is 0.423. The van der Waals surface area contributed by atoms with Crippen molar-refractivity contribution in [3.05, 3.63) is 101 Å². The Kier molecular flexibility index (Phi) is 5.75. The average Bonchev–Trinajstić information content (AvgIpc) is 3.23. The number of hydrogen-bond acceptors (Lipinski definition) is 6. The Morgan fingerprint density at radius 1 is 0.889 bits per heavy atom. The number of rotatable bonds is 4. The number of aromatic nitrogens is 2. The topological polar surface area (TPSA) is 65.4 Å². The minimum atomic E-state index is -4.51. The Morgan fingerprint density at radius 2 is 1.64 bits per heavy atom. The highest BCUT2D eigenvalue weighted by atomic mass is 19.4. The van der Waals surface area contributed by atoms with Gasteiger partial charge in [-0.25, -0.2) is 15.4 Å². The number of anilines is 2. The van der Waals surface area contributed by atoms with Crippen LogP contribution >= 0.6 is 0 Å². The Bertz CT molecular complexity index is 1370. The van der Waals surface area contributed by atoms with Crippen molar-refractivity contribution in [1.82, 2.24) is 20.5 Å². The summed E-state index contributed by atoms with van der Waals surface area (Å²) in [6, 6.07) is 10.4. The second-order valence-corrected chi connectivity index (χ2v) is 7.89. The number of benzene rings is 2. The fourth-order valence-corrected chi connectivity index (χ4v) is 3.87. The van der Waals surface area contributed by atoms with E-state index in [0.717, 1.165) is 24.3 Å². The third-order valence-electron chi connectivity index (χ3n) is 5.52. The Hall–Kier alpha value is -4.19. The lowest BCUT2D eigenvalue weighted by atomic mass is 9.95. The summed E-state index contributed by atoms with van der Waals surface area (Å²) < 4.78 is 78.3. The van der Waals surface area contributed by atoms with Crippen LogP contribution in [-0.4, -0.2) is 21.3 Å². The van der Waals surface area contributed by atoms with Gasteiger partial charge in [0, 0.05) is 23.7 Å². The first-order valence-corrected chi connectivity index (χ1v) is 10.6. The number of nitrogens with one attached hydrogen (secondary N) is 2. The minimum absolute atomic E-state index is 0.0489. The molecule has 0 saturated heterocycles. The van der Waals surface area contributed by atoms with Gasteiger partial charge in [0.15, 0.2) is 0 Å². The average molecular weight is 502 g/mol. The Labute approximate surface area is 200 Å². The number of fused-ring (bicyclic) bond motifs is 1. The first-order chi connectivity index (χ1) is 17.1. The van der Waals surface area contributed by atoms with Crippen molar-refractivity contribution >= 4 is 23.4 Å². The van der Waals surface area contributed by atoms with Crippen LogP contribution in [0.2, 0.25) is 0 Å². The molecule has 6 nitrogen and oxygen atoms in total. The lowest BCUT2D eigenvalue weighted by Crippen LogP contribution is -2.29.